The van der Waals surface area contributed by atoms with Gasteiger partial charge in [-0.3, -0.25) is 9.78 Å². The minimum atomic E-state index is -0.240. The molecule has 1 aromatic heterocycles. The molecule has 1 atom stereocenters. The first kappa shape index (κ1) is 16.3. The highest BCUT2D eigenvalue weighted by Gasteiger charge is 2.33. The Bertz CT molecular complexity index is 701. The number of amides is 1. The number of hydrogen-bond acceptors (Lipinski definition) is 4. The molecule has 0 aliphatic carbocycles. The van der Waals surface area contributed by atoms with Crippen molar-refractivity contribution in [1.29, 1.82) is 0 Å². The number of aromatic nitrogens is 1. The number of rotatable bonds is 5. The number of para-hydroxylation sites is 1. The molecule has 24 heavy (non-hydrogen) atoms. The van der Waals surface area contributed by atoms with Crippen molar-refractivity contribution in [3.63, 3.8) is 0 Å². The van der Waals surface area contributed by atoms with Gasteiger partial charge in [-0.05, 0) is 44.0 Å². The molecule has 1 N–H and O–H groups in total. The van der Waals surface area contributed by atoms with E-state index in [1.807, 2.05) is 18.2 Å². The van der Waals surface area contributed by atoms with Gasteiger partial charge in [-0.15, -0.1) is 0 Å². The number of pyridine rings is 1. The van der Waals surface area contributed by atoms with Crippen molar-refractivity contribution in [3.05, 3.63) is 54.4 Å². The second kappa shape index (κ2) is 6.91. The van der Waals surface area contributed by atoms with Crippen LogP contribution >= 0.6 is 0 Å². The fraction of sp³-hybridized carbons (Fsp3) is 0.368. The van der Waals surface area contributed by atoms with E-state index in [4.69, 9.17) is 9.47 Å². The third-order valence-corrected chi connectivity index (χ3v) is 4.03. The van der Waals surface area contributed by atoms with E-state index in [1.54, 1.807) is 24.5 Å². The number of hydrogen-bond donors (Lipinski definition) is 1. The van der Waals surface area contributed by atoms with Crippen molar-refractivity contribution < 1.29 is 14.3 Å². The SMILES string of the molecule is CC1(C)CC(CNC(=O)COc2cccnc2)c2ccccc2O1. The molecule has 0 radical (unpaired) electrons. The van der Waals surface area contributed by atoms with Gasteiger partial charge in [0, 0.05) is 18.7 Å². The average molecular weight is 326 g/mol. The van der Waals surface area contributed by atoms with Crippen LogP contribution in [0.3, 0.4) is 0 Å². The molecule has 5 heteroatoms. The van der Waals surface area contributed by atoms with Crippen molar-refractivity contribution in [2.75, 3.05) is 13.2 Å². The van der Waals surface area contributed by atoms with Crippen LogP contribution in [0.1, 0.15) is 31.7 Å². The van der Waals surface area contributed by atoms with E-state index in [0.717, 1.165) is 17.7 Å². The molecule has 1 aliphatic heterocycles. The largest absolute Gasteiger partial charge is 0.488 e. The van der Waals surface area contributed by atoms with E-state index >= 15 is 0 Å². The number of ether oxygens (including phenoxy) is 2. The second-order valence-electron chi connectivity index (χ2n) is 6.58. The first-order valence-electron chi connectivity index (χ1n) is 8.11. The Hall–Kier alpha value is -2.56. The number of fused-ring (bicyclic) bond motifs is 1. The Morgan fingerprint density at radius 3 is 2.96 bits per heavy atom. The summed E-state index contributed by atoms with van der Waals surface area (Å²) in [5.74, 6) is 1.58. The van der Waals surface area contributed by atoms with Gasteiger partial charge in [-0.1, -0.05) is 18.2 Å². The number of carbonyl (C=O) groups is 1. The molecule has 0 bridgehead atoms. The van der Waals surface area contributed by atoms with Gasteiger partial charge in [0.05, 0.1) is 6.20 Å². The van der Waals surface area contributed by atoms with Gasteiger partial charge >= 0.3 is 0 Å². The van der Waals surface area contributed by atoms with Crippen molar-refractivity contribution in [2.24, 2.45) is 0 Å². The third kappa shape index (κ3) is 4.04. The maximum absolute atomic E-state index is 12.0. The molecule has 3 rings (SSSR count). The number of nitrogens with one attached hydrogen (secondary N) is 1. The lowest BCUT2D eigenvalue weighted by Gasteiger charge is -2.37. The summed E-state index contributed by atoms with van der Waals surface area (Å²) < 4.78 is 11.4. The summed E-state index contributed by atoms with van der Waals surface area (Å²) in [7, 11) is 0. The minimum absolute atomic E-state index is 0.0139. The minimum Gasteiger partial charge on any atom is -0.488 e. The number of benzene rings is 1. The Kier molecular flexibility index (Phi) is 4.69. The standard InChI is InChI=1S/C19H22N2O3/c1-19(2)10-14(16-7-3-4-8-17(16)24-19)11-21-18(22)13-23-15-6-5-9-20-12-15/h3-9,12,14H,10-11,13H2,1-2H3,(H,21,22). The number of nitrogens with zero attached hydrogens (tertiary/aromatic N) is 1. The summed E-state index contributed by atoms with van der Waals surface area (Å²) in [6.45, 7) is 4.70. The molecule has 1 aromatic carbocycles. The van der Waals surface area contributed by atoms with Crippen molar-refractivity contribution in [1.82, 2.24) is 10.3 Å². The van der Waals surface area contributed by atoms with Crippen LogP contribution in [0.2, 0.25) is 0 Å². The predicted octanol–water partition coefficient (Wildman–Crippen LogP) is 2.92. The molecular weight excluding hydrogens is 304 g/mol. The van der Waals surface area contributed by atoms with E-state index in [0.29, 0.717) is 12.3 Å². The average Bonchev–Trinajstić information content (AvgIpc) is 2.58. The zero-order valence-electron chi connectivity index (χ0n) is 14.0. The molecule has 2 aromatic rings. The van der Waals surface area contributed by atoms with Crippen LogP contribution < -0.4 is 14.8 Å². The molecule has 1 unspecified atom stereocenters. The topological polar surface area (TPSA) is 60.5 Å². The van der Waals surface area contributed by atoms with Crippen LogP contribution in [0.5, 0.6) is 11.5 Å². The first-order valence-corrected chi connectivity index (χ1v) is 8.11. The van der Waals surface area contributed by atoms with Crippen LogP contribution in [0.25, 0.3) is 0 Å². The van der Waals surface area contributed by atoms with Gasteiger partial charge in [-0.25, -0.2) is 0 Å². The molecule has 5 nitrogen and oxygen atoms in total. The monoisotopic (exact) mass is 326 g/mol. The molecule has 126 valence electrons. The van der Waals surface area contributed by atoms with E-state index in [-0.39, 0.29) is 24.0 Å². The molecule has 2 heterocycles. The molecule has 1 amide bonds. The molecule has 0 spiro atoms. The normalized spacial score (nSPS) is 18.2. The Labute approximate surface area is 142 Å². The van der Waals surface area contributed by atoms with Crippen molar-refractivity contribution in [3.8, 4) is 11.5 Å². The summed E-state index contributed by atoms with van der Waals surface area (Å²) in [6, 6.07) is 11.6. The lowest BCUT2D eigenvalue weighted by atomic mass is 9.84. The highest BCUT2D eigenvalue weighted by molar-refractivity contribution is 5.77. The van der Waals surface area contributed by atoms with E-state index in [9.17, 15) is 4.79 Å². The zero-order valence-corrected chi connectivity index (χ0v) is 14.0. The van der Waals surface area contributed by atoms with Gasteiger partial charge in [-0.2, -0.15) is 0 Å². The van der Waals surface area contributed by atoms with Gasteiger partial charge < -0.3 is 14.8 Å². The molecule has 0 saturated heterocycles. The second-order valence-corrected chi connectivity index (χ2v) is 6.58. The summed E-state index contributed by atoms with van der Waals surface area (Å²) >= 11 is 0. The molecule has 0 fully saturated rings. The highest BCUT2D eigenvalue weighted by Crippen LogP contribution is 2.40. The Morgan fingerprint density at radius 2 is 2.17 bits per heavy atom. The fourth-order valence-electron chi connectivity index (χ4n) is 3.00. The summed E-state index contributed by atoms with van der Waals surface area (Å²) in [5.41, 5.74) is 0.904. The van der Waals surface area contributed by atoms with E-state index < -0.39 is 0 Å². The lowest BCUT2D eigenvalue weighted by molar-refractivity contribution is -0.123. The maximum Gasteiger partial charge on any atom is 0.257 e. The smallest absolute Gasteiger partial charge is 0.257 e. The highest BCUT2D eigenvalue weighted by atomic mass is 16.5. The van der Waals surface area contributed by atoms with Crippen LogP contribution in [-0.4, -0.2) is 29.6 Å². The zero-order chi connectivity index (χ0) is 17.0. The van der Waals surface area contributed by atoms with Gasteiger partial charge in [0.2, 0.25) is 0 Å². The third-order valence-electron chi connectivity index (χ3n) is 4.03. The summed E-state index contributed by atoms with van der Waals surface area (Å²) in [6.07, 6.45) is 4.11. The van der Waals surface area contributed by atoms with Gasteiger partial charge in [0.1, 0.15) is 17.1 Å². The Morgan fingerprint density at radius 1 is 1.33 bits per heavy atom. The first-order chi connectivity index (χ1) is 11.5. The molecule has 0 saturated carbocycles. The van der Waals surface area contributed by atoms with Gasteiger partial charge in [0.15, 0.2) is 6.61 Å². The van der Waals surface area contributed by atoms with Crippen molar-refractivity contribution in [2.45, 2.75) is 31.8 Å². The fourth-order valence-corrected chi connectivity index (χ4v) is 3.00. The van der Waals surface area contributed by atoms with E-state index in [2.05, 4.69) is 30.2 Å². The van der Waals surface area contributed by atoms with E-state index in [1.165, 1.54) is 0 Å². The molecular formula is C19H22N2O3. The number of carbonyl (C=O) groups excluding carboxylic acids is 1. The quantitative estimate of drug-likeness (QED) is 0.918. The van der Waals surface area contributed by atoms with Gasteiger partial charge in [0.25, 0.3) is 5.91 Å². The summed E-state index contributed by atoms with van der Waals surface area (Å²) in [4.78, 5) is 16.0. The predicted molar refractivity (Wildman–Crippen MR) is 91.2 cm³/mol. The Balaban J connectivity index is 1.57. The van der Waals surface area contributed by atoms with Crippen molar-refractivity contribution >= 4 is 5.91 Å². The van der Waals surface area contributed by atoms with Crippen LogP contribution in [0.4, 0.5) is 0 Å². The van der Waals surface area contributed by atoms with Crippen LogP contribution in [0, 0.1) is 0 Å². The lowest BCUT2D eigenvalue weighted by Crippen LogP contribution is -2.40. The van der Waals surface area contributed by atoms with Crippen LogP contribution in [-0.2, 0) is 4.79 Å². The summed E-state index contributed by atoms with van der Waals surface area (Å²) in [5, 5.41) is 2.96. The molecule has 1 aliphatic rings. The maximum atomic E-state index is 12.0. The van der Waals surface area contributed by atoms with Crippen LogP contribution in [0.15, 0.2) is 48.8 Å².